The summed E-state index contributed by atoms with van der Waals surface area (Å²) in [5.74, 6) is 1.92. The molecule has 4 fully saturated rings. The van der Waals surface area contributed by atoms with E-state index in [1.807, 2.05) is 81.4 Å². The van der Waals surface area contributed by atoms with Crippen LogP contribution in [0.25, 0.3) is 62.2 Å². The monoisotopic (exact) mass is 1530 g/mol. The molecule has 22 nitrogen and oxygen atoms in total. The fourth-order valence-corrected chi connectivity index (χ4v) is 15.7. The Bertz CT molecular complexity index is 5320. The van der Waals surface area contributed by atoms with Crippen LogP contribution in [0.3, 0.4) is 0 Å². The van der Waals surface area contributed by atoms with E-state index in [1.54, 1.807) is 51.7 Å². The molecule has 0 atom stereocenters. The van der Waals surface area contributed by atoms with Crippen molar-refractivity contribution in [1.29, 1.82) is 0 Å². The molecule has 0 aliphatic carbocycles. The zero-order chi connectivity index (χ0) is 77.0. The Morgan fingerprint density at radius 1 is 0.527 bits per heavy atom. The Kier molecular flexibility index (Phi) is 22.8. The van der Waals surface area contributed by atoms with Crippen LogP contribution in [0.4, 0.5) is 26.7 Å². The van der Waals surface area contributed by atoms with Crippen LogP contribution in [0.2, 0.25) is 5.02 Å². The Morgan fingerprint density at radius 2 is 1.00 bits per heavy atom. The second-order valence-electron chi connectivity index (χ2n) is 30.1. The highest BCUT2D eigenvalue weighted by atomic mass is 35.5. The number of likely N-dealkylation sites (tertiary alicyclic amines) is 3. The molecular formula is C82H89ClF5N15O7. The number of H-pyrrole nitrogens is 6. The SMILES string of the molecule is CC(=O)N1CCC(Cc2c(-c3ccc(C(F)(F)F)cc3)[nH]n(-c3nc4ccccc4[nH]3)c2=O)CC1.CC(C)(C)OC(=O)N1CCC(c2[nH]n(-c3nc4c(Cl)cccc4[nH]3)c(=O)c2CCc2ccc(F)cc2)CC1.O=c1c(CCc2ccc(F)cc2)c(C2CCN(CC3CCOCC3)CC2)[nH]n1-c1nc2ccccc2[nH]1. The first-order valence-corrected chi connectivity index (χ1v) is 38.1. The molecule has 6 N–H and O–H groups in total. The maximum atomic E-state index is 13.7. The molecule has 4 aliphatic rings. The summed E-state index contributed by atoms with van der Waals surface area (Å²) in [5, 5.41) is 10.4. The first-order valence-electron chi connectivity index (χ1n) is 37.7. The zero-order valence-electron chi connectivity index (χ0n) is 61.8. The third-order valence-electron chi connectivity index (χ3n) is 21.5. The number of hydrogen-bond acceptors (Lipinski definition) is 11. The van der Waals surface area contributed by atoms with Crippen molar-refractivity contribution in [1.82, 2.24) is 73.9 Å². The quantitative estimate of drug-likeness (QED) is 0.0496. The molecule has 0 saturated carbocycles. The molecule has 12 aromatic rings. The van der Waals surface area contributed by atoms with E-state index in [0.717, 1.165) is 140 Å². The number of amides is 2. The lowest BCUT2D eigenvalue weighted by atomic mass is 9.89. The van der Waals surface area contributed by atoms with Gasteiger partial charge >= 0.3 is 12.3 Å². The van der Waals surface area contributed by atoms with Crippen LogP contribution in [0.5, 0.6) is 0 Å². The molecule has 0 spiro atoms. The van der Waals surface area contributed by atoms with Gasteiger partial charge in [0.1, 0.15) is 22.8 Å². The van der Waals surface area contributed by atoms with Gasteiger partial charge in [0.2, 0.25) is 23.8 Å². The van der Waals surface area contributed by atoms with Gasteiger partial charge < -0.3 is 39.1 Å². The maximum absolute atomic E-state index is 13.7. The summed E-state index contributed by atoms with van der Waals surface area (Å²) in [6, 6.07) is 38.3. The maximum Gasteiger partial charge on any atom is 0.416 e. The standard InChI is InChI=1S/C29H34FN5O2.C28H31ClFN5O3.C25H24F3N5O2/c30-23-8-5-20(6-9-23)7-10-24-27(22-11-15-34(16-12-22)19-21-13-17-37-18-14-21)33-35(28(24)36)29-31-25-3-1-2-4-26(25)32-29;1-28(2,3)38-27(37)34-15-13-18(14-16-34)23-20(12-9-17-7-10-19(30)11-8-17)25(36)35(33-23)26-31-22-6-4-5-21(29)24(22)32-26;1-15(34)32-12-10-16(11-13-32)14-19-22(17-6-8-18(9-7-17)25(26,27)28)31-33(23(19)35)24-29-20-4-2-3-5-21(20)30-24/h1-6,8-9,21-22,33H,7,10-19H2,(H,31,32);4-8,10-11,18,33H,9,12-16H2,1-3H3,(H,31,32);2-9,16,31H,10-14H2,1H3,(H,29,30). The van der Waals surface area contributed by atoms with Crippen molar-refractivity contribution < 1.29 is 41.0 Å². The van der Waals surface area contributed by atoms with Gasteiger partial charge in [-0.2, -0.15) is 27.2 Å². The van der Waals surface area contributed by atoms with Crippen LogP contribution < -0.4 is 16.7 Å². The van der Waals surface area contributed by atoms with Crippen molar-refractivity contribution >= 4 is 56.7 Å². The highest BCUT2D eigenvalue weighted by molar-refractivity contribution is 6.34. The fourth-order valence-electron chi connectivity index (χ4n) is 15.4. The number of ether oxygens (including phenoxy) is 2. The third kappa shape index (κ3) is 17.6. The van der Waals surface area contributed by atoms with Crippen molar-refractivity contribution in [2.24, 2.45) is 11.8 Å². The first kappa shape index (κ1) is 76.1. The number of benzene rings is 6. The topological polar surface area (TPSA) is 262 Å². The smallest absolute Gasteiger partial charge is 0.416 e. The second-order valence-corrected chi connectivity index (χ2v) is 30.5. The van der Waals surface area contributed by atoms with E-state index in [9.17, 15) is 45.9 Å². The number of carbonyl (C=O) groups is 2. The largest absolute Gasteiger partial charge is 0.444 e. The number of halogens is 6. The first-order chi connectivity index (χ1) is 52.9. The van der Waals surface area contributed by atoms with Crippen molar-refractivity contribution in [2.45, 2.75) is 135 Å². The van der Waals surface area contributed by atoms with Gasteiger partial charge in [0.05, 0.1) is 43.9 Å². The summed E-state index contributed by atoms with van der Waals surface area (Å²) in [6.45, 7) is 14.4. The Labute approximate surface area is 635 Å². The van der Waals surface area contributed by atoms with Crippen molar-refractivity contribution in [3.8, 4) is 29.1 Å². The highest BCUT2D eigenvalue weighted by Crippen LogP contribution is 2.36. The second kappa shape index (κ2) is 32.9. The number of nitrogens with zero attached hydrogens (tertiary/aromatic N) is 9. The fraction of sp³-hybridized carbons (Fsp3) is 0.390. The van der Waals surface area contributed by atoms with Crippen LogP contribution in [0.15, 0.2) is 154 Å². The molecule has 16 rings (SSSR count). The van der Waals surface area contributed by atoms with E-state index in [-0.39, 0.29) is 52.1 Å². The van der Waals surface area contributed by atoms with Gasteiger partial charge in [-0.1, -0.05) is 78.3 Å². The van der Waals surface area contributed by atoms with Gasteiger partial charge in [0.25, 0.3) is 16.7 Å². The molecule has 0 radical (unpaired) electrons. The lowest BCUT2D eigenvalue weighted by Gasteiger charge is -2.35. The number of fused-ring (bicyclic) bond motifs is 3. The molecule has 10 heterocycles. The molecule has 28 heteroatoms. The van der Waals surface area contributed by atoms with Crippen LogP contribution in [0, 0.1) is 23.5 Å². The van der Waals surface area contributed by atoms with Crippen LogP contribution in [-0.2, 0) is 52.5 Å². The average molecular weight is 1530 g/mol. The number of aryl methyl sites for hydroxylation is 2. The number of carbonyl (C=O) groups excluding carboxylic acids is 2. The predicted octanol–water partition coefficient (Wildman–Crippen LogP) is 14.8. The molecule has 6 aromatic heterocycles. The van der Waals surface area contributed by atoms with Crippen LogP contribution in [0.1, 0.15) is 136 Å². The molecule has 2 amide bonds. The molecule has 0 unspecified atom stereocenters. The molecule has 6 aromatic carbocycles. The number of imidazole rings is 3. The third-order valence-corrected chi connectivity index (χ3v) is 21.8. The minimum atomic E-state index is -4.44. The van der Waals surface area contributed by atoms with Gasteiger partial charge in [-0.3, -0.25) is 34.5 Å². The van der Waals surface area contributed by atoms with Gasteiger partial charge in [0, 0.05) is 92.8 Å². The summed E-state index contributed by atoms with van der Waals surface area (Å²) in [6.07, 6.45) is 5.27. The van der Waals surface area contributed by atoms with Gasteiger partial charge in [-0.15, -0.1) is 0 Å². The highest BCUT2D eigenvalue weighted by Gasteiger charge is 2.35. The number of rotatable bonds is 16. The number of hydrogen-bond donors (Lipinski definition) is 6. The normalized spacial score (nSPS) is 16.0. The molecule has 0 bridgehead atoms. The lowest BCUT2D eigenvalue weighted by molar-refractivity contribution is -0.137. The molecule has 110 heavy (non-hydrogen) atoms. The number of alkyl halides is 3. The Balaban J connectivity index is 0.000000138. The lowest BCUT2D eigenvalue weighted by Crippen LogP contribution is -2.41. The number of aromatic amines is 6. The van der Waals surface area contributed by atoms with E-state index in [1.165, 1.54) is 45.8 Å². The molecule has 4 saturated heterocycles. The van der Waals surface area contributed by atoms with Crippen LogP contribution in [-0.4, -0.2) is 151 Å². The summed E-state index contributed by atoms with van der Waals surface area (Å²) in [7, 11) is 0. The zero-order valence-corrected chi connectivity index (χ0v) is 62.6. The van der Waals surface area contributed by atoms with Gasteiger partial charge in [-0.05, 0) is 219 Å². The molecular weight excluding hydrogens is 1440 g/mol. The van der Waals surface area contributed by atoms with Gasteiger partial charge in [-0.25, -0.2) is 28.5 Å². The van der Waals surface area contributed by atoms with E-state index >= 15 is 0 Å². The number of para-hydroxylation sites is 5. The van der Waals surface area contributed by atoms with E-state index < -0.39 is 17.3 Å². The van der Waals surface area contributed by atoms with E-state index in [4.69, 9.17) is 21.1 Å². The minimum Gasteiger partial charge on any atom is -0.444 e. The van der Waals surface area contributed by atoms with E-state index in [2.05, 4.69) is 50.1 Å². The summed E-state index contributed by atoms with van der Waals surface area (Å²) in [5.41, 5.74) is 9.41. The summed E-state index contributed by atoms with van der Waals surface area (Å²) >= 11 is 6.31. The number of aromatic nitrogens is 12. The number of nitrogens with one attached hydrogen (secondary N) is 6. The van der Waals surface area contributed by atoms with Crippen molar-refractivity contribution in [3.05, 3.63) is 232 Å². The van der Waals surface area contributed by atoms with Crippen molar-refractivity contribution in [3.63, 3.8) is 0 Å². The minimum absolute atomic E-state index is 0.0304. The summed E-state index contributed by atoms with van der Waals surface area (Å²) < 4.78 is 81.4. The predicted molar refractivity (Wildman–Crippen MR) is 412 cm³/mol. The molecule has 4 aliphatic heterocycles. The van der Waals surface area contributed by atoms with E-state index in [0.29, 0.717) is 133 Å². The van der Waals surface area contributed by atoms with Crippen molar-refractivity contribution in [2.75, 3.05) is 59.0 Å². The Morgan fingerprint density at radius 3 is 1.50 bits per heavy atom. The number of piperidine rings is 3. The van der Waals surface area contributed by atoms with Gasteiger partial charge in [0.15, 0.2) is 0 Å². The average Bonchev–Trinajstić information content (AvgIpc) is 1.63. The Hall–Kier alpha value is -10.6. The van der Waals surface area contributed by atoms with Crippen LogP contribution >= 0.6 is 11.6 Å². The summed E-state index contributed by atoms with van der Waals surface area (Å²) in [4.78, 5) is 94.6. The molecule has 576 valence electrons.